The quantitative estimate of drug-likeness (QED) is 0.801. The van der Waals surface area contributed by atoms with Gasteiger partial charge < -0.3 is 9.47 Å². The summed E-state index contributed by atoms with van der Waals surface area (Å²) in [6.07, 6.45) is 11.7. The molecule has 0 N–H and O–H groups in total. The lowest BCUT2D eigenvalue weighted by atomic mass is 9.81. The first kappa shape index (κ1) is 19.4. The SMILES string of the molecule is CN(C(=O)CN1CCCC1c1nc2c(n1C)CCCC2)C1(C#N)CCCCC1. The van der Waals surface area contributed by atoms with Gasteiger partial charge in [0.1, 0.15) is 11.4 Å². The third-order valence-electron chi connectivity index (χ3n) is 7.31. The zero-order valence-corrected chi connectivity index (χ0v) is 17.4. The van der Waals surface area contributed by atoms with Gasteiger partial charge in [0.2, 0.25) is 5.91 Å². The van der Waals surface area contributed by atoms with Crippen LogP contribution in [0.25, 0.3) is 0 Å². The van der Waals surface area contributed by atoms with Crippen LogP contribution in [0.1, 0.15) is 81.0 Å². The molecule has 2 fully saturated rings. The first-order valence-corrected chi connectivity index (χ1v) is 11.0. The molecular formula is C22H33N5O. The number of carbonyl (C=O) groups excluding carboxylic acids is 1. The monoisotopic (exact) mass is 383 g/mol. The first-order chi connectivity index (χ1) is 13.6. The molecule has 1 aromatic heterocycles. The Morgan fingerprint density at radius 2 is 1.96 bits per heavy atom. The van der Waals surface area contributed by atoms with Gasteiger partial charge in [-0.15, -0.1) is 0 Å². The molecule has 0 spiro atoms. The molecule has 6 heteroatoms. The molecule has 1 saturated carbocycles. The highest BCUT2D eigenvalue weighted by Crippen LogP contribution is 2.35. The number of carbonyl (C=O) groups is 1. The fraction of sp³-hybridized carbons (Fsp3) is 0.773. The van der Waals surface area contributed by atoms with Gasteiger partial charge in [-0.25, -0.2) is 4.98 Å². The van der Waals surface area contributed by atoms with Gasteiger partial charge >= 0.3 is 0 Å². The van der Waals surface area contributed by atoms with Crippen molar-refractivity contribution in [2.24, 2.45) is 7.05 Å². The van der Waals surface area contributed by atoms with Crippen molar-refractivity contribution in [3.8, 4) is 6.07 Å². The van der Waals surface area contributed by atoms with Crippen molar-refractivity contribution >= 4 is 5.91 Å². The Balaban J connectivity index is 1.49. The third-order valence-corrected chi connectivity index (χ3v) is 7.31. The molecule has 1 aromatic rings. The van der Waals surface area contributed by atoms with Gasteiger partial charge in [-0.05, 0) is 57.9 Å². The van der Waals surface area contributed by atoms with Crippen LogP contribution in [0.5, 0.6) is 0 Å². The molecule has 4 rings (SSSR count). The molecule has 6 nitrogen and oxygen atoms in total. The standard InChI is InChI=1S/C22H33N5O/c1-25-18-10-5-4-9-17(18)24-21(25)19-11-8-14-27(19)15-20(28)26(2)22(16-23)12-6-3-7-13-22/h19H,3-15H2,1-2H3. The first-order valence-electron chi connectivity index (χ1n) is 11.0. The van der Waals surface area contributed by atoms with Crippen LogP contribution in [0.2, 0.25) is 0 Å². The molecule has 1 unspecified atom stereocenters. The molecule has 1 amide bonds. The summed E-state index contributed by atoms with van der Waals surface area (Å²) in [5.74, 6) is 1.21. The molecule has 1 saturated heterocycles. The van der Waals surface area contributed by atoms with Crippen molar-refractivity contribution in [2.45, 2.75) is 82.2 Å². The number of aryl methyl sites for hydroxylation is 1. The molecule has 2 heterocycles. The van der Waals surface area contributed by atoms with Crippen molar-refractivity contribution in [3.05, 3.63) is 17.2 Å². The van der Waals surface area contributed by atoms with Crippen molar-refractivity contribution in [1.82, 2.24) is 19.4 Å². The van der Waals surface area contributed by atoms with Crippen LogP contribution >= 0.6 is 0 Å². The molecule has 0 bridgehead atoms. The summed E-state index contributed by atoms with van der Waals surface area (Å²) >= 11 is 0. The Morgan fingerprint density at radius 1 is 1.21 bits per heavy atom. The minimum Gasteiger partial charge on any atom is -0.334 e. The molecule has 3 aliphatic rings. The van der Waals surface area contributed by atoms with Gasteiger partial charge in [0.05, 0.1) is 24.3 Å². The number of likely N-dealkylation sites (N-methyl/N-ethyl adjacent to an activating group) is 1. The fourth-order valence-electron chi connectivity index (χ4n) is 5.49. The Morgan fingerprint density at radius 3 is 2.68 bits per heavy atom. The highest BCUT2D eigenvalue weighted by atomic mass is 16.2. The summed E-state index contributed by atoms with van der Waals surface area (Å²) in [7, 11) is 3.98. The Bertz CT molecular complexity index is 771. The molecule has 152 valence electrons. The van der Waals surface area contributed by atoms with E-state index in [1.165, 1.54) is 30.7 Å². The topological polar surface area (TPSA) is 65.2 Å². The van der Waals surface area contributed by atoms with Crippen LogP contribution < -0.4 is 0 Å². The number of hydrogen-bond acceptors (Lipinski definition) is 4. The number of likely N-dealkylation sites (tertiary alicyclic amines) is 1. The number of aromatic nitrogens is 2. The van der Waals surface area contributed by atoms with E-state index in [0.29, 0.717) is 6.54 Å². The number of nitriles is 1. The van der Waals surface area contributed by atoms with Crippen LogP contribution in [0.4, 0.5) is 0 Å². The Labute approximate surface area is 168 Å². The van der Waals surface area contributed by atoms with Crippen molar-refractivity contribution in [1.29, 1.82) is 5.26 Å². The zero-order valence-electron chi connectivity index (χ0n) is 17.4. The van der Waals surface area contributed by atoms with Crippen molar-refractivity contribution in [3.63, 3.8) is 0 Å². The van der Waals surface area contributed by atoms with E-state index >= 15 is 0 Å². The summed E-state index contributed by atoms with van der Waals surface area (Å²) in [5.41, 5.74) is 2.05. The number of nitrogens with zero attached hydrogens (tertiary/aromatic N) is 5. The number of amides is 1. The molecule has 0 aromatic carbocycles. The van der Waals surface area contributed by atoms with Gasteiger partial charge in [0.15, 0.2) is 0 Å². The van der Waals surface area contributed by atoms with E-state index in [1.807, 2.05) is 7.05 Å². The van der Waals surface area contributed by atoms with Gasteiger partial charge in [-0.3, -0.25) is 9.69 Å². The average Bonchev–Trinajstić information content (AvgIpc) is 3.32. The van der Waals surface area contributed by atoms with Crippen molar-refractivity contribution in [2.75, 3.05) is 20.1 Å². The van der Waals surface area contributed by atoms with Crippen LogP contribution in [0.15, 0.2) is 0 Å². The van der Waals surface area contributed by atoms with E-state index < -0.39 is 5.54 Å². The summed E-state index contributed by atoms with van der Waals surface area (Å²) in [4.78, 5) is 22.2. The number of fused-ring (bicyclic) bond motifs is 1. The molecular weight excluding hydrogens is 350 g/mol. The number of imidazole rings is 1. The highest BCUT2D eigenvalue weighted by Gasteiger charge is 2.40. The Hall–Kier alpha value is -1.87. The maximum absolute atomic E-state index is 13.1. The van der Waals surface area contributed by atoms with E-state index in [9.17, 15) is 10.1 Å². The van der Waals surface area contributed by atoms with Crippen LogP contribution in [0.3, 0.4) is 0 Å². The fourth-order valence-corrected chi connectivity index (χ4v) is 5.49. The molecule has 28 heavy (non-hydrogen) atoms. The summed E-state index contributed by atoms with van der Waals surface area (Å²) in [5, 5.41) is 9.81. The van der Waals surface area contributed by atoms with Crippen LogP contribution in [-0.2, 0) is 24.7 Å². The molecule has 0 radical (unpaired) electrons. The number of rotatable bonds is 4. The summed E-state index contributed by atoms with van der Waals surface area (Å²) in [6, 6.07) is 2.70. The predicted molar refractivity (Wildman–Crippen MR) is 108 cm³/mol. The van der Waals surface area contributed by atoms with E-state index in [1.54, 1.807) is 4.90 Å². The predicted octanol–water partition coefficient (Wildman–Crippen LogP) is 3.12. The van der Waals surface area contributed by atoms with E-state index in [0.717, 1.165) is 63.7 Å². The van der Waals surface area contributed by atoms with Gasteiger partial charge in [-0.1, -0.05) is 19.3 Å². The van der Waals surface area contributed by atoms with Gasteiger partial charge in [0, 0.05) is 19.8 Å². The lowest BCUT2D eigenvalue weighted by Gasteiger charge is -2.40. The summed E-state index contributed by atoms with van der Waals surface area (Å²) in [6.45, 7) is 1.32. The molecule has 1 atom stereocenters. The zero-order chi connectivity index (χ0) is 19.7. The number of hydrogen-bond donors (Lipinski definition) is 0. The summed E-state index contributed by atoms with van der Waals surface area (Å²) < 4.78 is 2.30. The average molecular weight is 384 g/mol. The normalized spacial score (nSPS) is 24.5. The van der Waals surface area contributed by atoms with E-state index in [2.05, 4.69) is 22.6 Å². The van der Waals surface area contributed by atoms with Crippen LogP contribution in [0, 0.1) is 11.3 Å². The second-order valence-electron chi connectivity index (χ2n) is 8.91. The smallest absolute Gasteiger partial charge is 0.237 e. The minimum absolute atomic E-state index is 0.0781. The largest absolute Gasteiger partial charge is 0.334 e. The minimum atomic E-state index is -0.604. The third kappa shape index (κ3) is 3.34. The Kier molecular flexibility index (Phi) is 5.46. The van der Waals surface area contributed by atoms with E-state index in [-0.39, 0.29) is 11.9 Å². The lowest BCUT2D eigenvalue weighted by Crippen LogP contribution is -2.52. The van der Waals surface area contributed by atoms with Crippen molar-refractivity contribution < 1.29 is 4.79 Å². The maximum Gasteiger partial charge on any atom is 0.237 e. The molecule has 2 aliphatic carbocycles. The van der Waals surface area contributed by atoms with E-state index in [4.69, 9.17) is 4.98 Å². The van der Waals surface area contributed by atoms with Crippen LogP contribution in [-0.4, -0.2) is 50.9 Å². The maximum atomic E-state index is 13.1. The van der Waals surface area contributed by atoms with Gasteiger partial charge in [-0.2, -0.15) is 5.26 Å². The molecule has 1 aliphatic heterocycles. The second-order valence-corrected chi connectivity index (χ2v) is 8.91. The highest BCUT2D eigenvalue weighted by molar-refractivity contribution is 5.79. The van der Waals surface area contributed by atoms with Gasteiger partial charge in [0.25, 0.3) is 0 Å². The second kappa shape index (κ2) is 7.87. The lowest BCUT2D eigenvalue weighted by molar-refractivity contribution is -0.136.